The second kappa shape index (κ2) is 8.60. The normalized spacial score (nSPS) is 10.8. The fourth-order valence-corrected chi connectivity index (χ4v) is 3.27. The van der Waals surface area contributed by atoms with Crippen molar-refractivity contribution in [3.05, 3.63) is 68.9 Å². The summed E-state index contributed by atoms with van der Waals surface area (Å²) in [5.74, 6) is -0.919. The highest BCUT2D eigenvalue weighted by atomic mass is 16.3. The molecule has 0 unspecified atom stereocenters. The first kappa shape index (κ1) is 22.0. The second-order valence-electron chi connectivity index (χ2n) is 8.05. The molecule has 0 aliphatic rings. The number of phenolic OH excluding ortho intramolecular Hbond substituents is 4. The second-order valence-corrected chi connectivity index (χ2v) is 8.05. The lowest BCUT2D eigenvalue weighted by Crippen LogP contribution is -2.02. The fourth-order valence-electron chi connectivity index (χ4n) is 3.27. The Morgan fingerprint density at radius 1 is 0.839 bits per heavy atom. The van der Waals surface area contributed by atoms with Gasteiger partial charge in [0.25, 0.3) is 0 Å². The number of fused-ring (bicyclic) bond motifs is 1. The lowest BCUT2D eigenvalue weighted by atomic mass is 10.0. The van der Waals surface area contributed by atoms with Gasteiger partial charge in [-0.15, -0.1) is 0 Å². The first-order valence-electron chi connectivity index (χ1n) is 9.92. The monoisotopic (exact) mass is 422 g/mol. The smallest absolute Gasteiger partial charge is 0.197 e. The highest BCUT2D eigenvalue weighted by Gasteiger charge is 2.18. The summed E-state index contributed by atoms with van der Waals surface area (Å²) in [6.45, 7) is 7.64. The van der Waals surface area contributed by atoms with E-state index in [-0.39, 0.29) is 51.7 Å². The Kier molecular flexibility index (Phi) is 6.11. The maximum atomic E-state index is 12.8. The maximum Gasteiger partial charge on any atom is 0.197 e. The molecule has 0 fully saturated rings. The molecule has 2 aromatic carbocycles. The molecule has 0 saturated heterocycles. The molecular formula is C25H26O6. The van der Waals surface area contributed by atoms with E-state index in [1.54, 1.807) is 6.07 Å². The number of rotatable bonds is 5. The lowest BCUT2D eigenvalue weighted by Gasteiger charge is -2.11. The Morgan fingerprint density at radius 3 is 2.13 bits per heavy atom. The van der Waals surface area contributed by atoms with E-state index in [1.165, 1.54) is 18.2 Å². The van der Waals surface area contributed by atoms with Gasteiger partial charge < -0.3 is 24.8 Å². The van der Waals surface area contributed by atoms with Crippen LogP contribution in [0.15, 0.2) is 56.8 Å². The van der Waals surface area contributed by atoms with Gasteiger partial charge in [-0.1, -0.05) is 23.3 Å². The first-order chi connectivity index (χ1) is 14.6. The van der Waals surface area contributed by atoms with Crippen molar-refractivity contribution in [1.29, 1.82) is 0 Å². The molecular weight excluding hydrogens is 396 g/mol. The van der Waals surface area contributed by atoms with Crippen LogP contribution in [0.2, 0.25) is 0 Å². The van der Waals surface area contributed by atoms with Crippen LogP contribution in [0.3, 0.4) is 0 Å². The van der Waals surface area contributed by atoms with Crippen molar-refractivity contribution in [2.45, 2.75) is 40.5 Å². The van der Waals surface area contributed by atoms with E-state index in [0.717, 1.165) is 11.1 Å². The molecule has 162 valence electrons. The topological polar surface area (TPSA) is 111 Å². The molecule has 0 bridgehead atoms. The number of allylic oxidation sites excluding steroid dienone is 4. The molecule has 0 amide bonds. The minimum Gasteiger partial charge on any atom is -0.507 e. The van der Waals surface area contributed by atoms with Crippen LogP contribution in [0.1, 0.15) is 38.8 Å². The van der Waals surface area contributed by atoms with Crippen LogP contribution in [-0.2, 0) is 12.8 Å². The van der Waals surface area contributed by atoms with Crippen LogP contribution in [-0.4, -0.2) is 20.4 Å². The zero-order valence-corrected chi connectivity index (χ0v) is 18.0. The molecule has 6 nitrogen and oxygen atoms in total. The van der Waals surface area contributed by atoms with Crippen molar-refractivity contribution in [3.8, 4) is 34.3 Å². The van der Waals surface area contributed by atoms with Crippen LogP contribution in [0.25, 0.3) is 22.3 Å². The van der Waals surface area contributed by atoms with E-state index in [9.17, 15) is 25.2 Å². The third-order valence-electron chi connectivity index (χ3n) is 4.97. The van der Waals surface area contributed by atoms with Gasteiger partial charge in [0.05, 0.1) is 0 Å². The quantitative estimate of drug-likeness (QED) is 0.328. The van der Waals surface area contributed by atoms with E-state index in [1.807, 2.05) is 39.8 Å². The van der Waals surface area contributed by atoms with Crippen LogP contribution < -0.4 is 5.43 Å². The van der Waals surface area contributed by atoms with E-state index < -0.39 is 5.43 Å². The predicted molar refractivity (Wildman–Crippen MR) is 121 cm³/mol. The molecule has 0 saturated carbocycles. The summed E-state index contributed by atoms with van der Waals surface area (Å²) in [6, 6.07) is 5.45. The molecule has 1 heterocycles. The molecule has 31 heavy (non-hydrogen) atoms. The minimum atomic E-state index is -0.481. The van der Waals surface area contributed by atoms with E-state index in [0.29, 0.717) is 17.5 Å². The van der Waals surface area contributed by atoms with Gasteiger partial charge in [0.1, 0.15) is 28.2 Å². The van der Waals surface area contributed by atoms with Crippen LogP contribution in [0, 0.1) is 0 Å². The Bertz CT molecular complexity index is 1270. The summed E-state index contributed by atoms with van der Waals surface area (Å²) in [5, 5.41) is 41.3. The number of hydrogen-bond donors (Lipinski definition) is 4. The minimum absolute atomic E-state index is 0.0218. The first-order valence-corrected chi connectivity index (χ1v) is 9.92. The lowest BCUT2D eigenvalue weighted by molar-refractivity contribution is 0.400. The summed E-state index contributed by atoms with van der Waals surface area (Å²) in [6.07, 6.45) is 4.40. The highest BCUT2D eigenvalue weighted by Crippen LogP contribution is 2.38. The SMILES string of the molecule is CC(C)=CCc1cc(-c2cc(=O)c3c(O)c(CC=C(C)C)c(O)cc3o2)cc(O)c1O. The van der Waals surface area contributed by atoms with Crippen molar-refractivity contribution in [2.75, 3.05) is 0 Å². The Labute approximate surface area is 180 Å². The largest absolute Gasteiger partial charge is 0.507 e. The van der Waals surface area contributed by atoms with Crippen molar-refractivity contribution < 1.29 is 24.8 Å². The Morgan fingerprint density at radius 2 is 1.48 bits per heavy atom. The maximum absolute atomic E-state index is 12.8. The average Bonchev–Trinajstić information content (AvgIpc) is 2.67. The van der Waals surface area contributed by atoms with E-state index in [4.69, 9.17) is 4.42 Å². The molecule has 6 heteroatoms. The zero-order chi connectivity index (χ0) is 22.9. The molecule has 3 rings (SSSR count). The molecule has 0 atom stereocenters. The van der Waals surface area contributed by atoms with Gasteiger partial charge >= 0.3 is 0 Å². The molecule has 1 aromatic heterocycles. The van der Waals surface area contributed by atoms with E-state index in [2.05, 4.69) is 0 Å². The molecule has 0 aliphatic carbocycles. The predicted octanol–water partition coefficient (Wildman–Crippen LogP) is 5.30. The Hall–Kier alpha value is -3.67. The molecule has 0 spiro atoms. The molecule has 0 aliphatic heterocycles. The third kappa shape index (κ3) is 4.58. The zero-order valence-electron chi connectivity index (χ0n) is 18.0. The summed E-state index contributed by atoms with van der Waals surface area (Å²) in [7, 11) is 0. The van der Waals surface area contributed by atoms with Crippen molar-refractivity contribution >= 4 is 11.0 Å². The fraction of sp³-hybridized carbons (Fsp3) is 0.240. The highest BCUT2D eigenvalue weighted by molar-refractivity contribution is 5.88. The number of benzene rings is 2. The summed E-state index contributed by atoms with van der Waals surface area (Å²) >= 11 is 0. The third-order valence-corrected chi connectivity index (χ3v) is 4.97. The van der Waals surface area contributed by atoms with Crippen molar-refractivity contribution in [3.63, 3.8) is 0 Å². The van der Waals surface area contributed by atoms with Gasteiger partial charge in [-0.3, -0.25) is 4.79 Å². The van der Waals surface area contributed by atoms with Crippen LogP contribution in [0.5, 0.6) is 23.0 Å². The van der Waals surface area contributed by atoms with Gasteiger partial charge in [0.15, 0.2) is 16.9 Å². The summed E-state index contributed by atoms with van der Waals surface area (Å²) < 4.78 is 5.80. The number of phenols is 4. The molecule has 3 aromatic rings. The Balaban J connectivity index is 2.17. The number of aromatic hydroxyl groups is 4. The standard InChI is InChI=1S/C25H26O6/c1-13(2)5-7-15-9-16(10-20(28)24(15)29)21-12-19(27)23-22(31-21)11-18(26)17(25(23)30)8-6-14(3)4/h5-6,9-12,26,28-30H,7-8H2,1-4H3. The van der Waals surface area contributed by atoms with Gasteiger partial charge in [0.2, 0.25) is 0 Å². The van der Waals surface area contributed by atoms with Crippen molar-refractivity contribution in [1.82, 2.24) is 0 Å². The summed E-state index contributed by atoms with van der Waals surface area (Å²) in [4.78, 5) is 12.8. The van der Waals surface area contributed by atoms with Crippen LogP contribution in [0.4, 0.5) is 0 Å². The van der Waals surface area contributed by atoms with Gasteiger partial charge in [-0.2, -0.15) is 0 Å². The summed E-state index contributed by atoms with van der Waals surface area (Å²) in [5.41, 5.74) is 2.72. The molecule has 0 radical (unpaired) electrons. The van der Waals surface area contributed by atoms with Gasteiger partial charge in [-0.05, 0) is 52.7 Å². The molecule has 4 N–H and O–H groups in total. The van der Waals surface area contributed by atoms with Crippen LogP contribution >= 0.6 is 0 Å². The number of hydrogen-bond acceptors (Lipinski definition) is 6. The van der Waals surface area contributed by atoms with Crippen molar-refractivity contribution in [2.24, 2.45) is 0 Å². The average molecular weight is 422 g/mol. The van der Waals surface area contributed by atoms with Gasteiger partial charge in [0, 0.05) is 28.8 Å². The van der Waals surface area contributed by atoms with Gasteiger partial charge in [-0.25, -0.2) is 0 Å². The van der Waals surface area contributed by atoms with E-state index >= 15 is 0 Å².